The van der Waals surface area contributed by atoms with E-state index < -0.39 is 0 Å². The maximum Gasteiger partial charge on any atom is 0.228 e. The van der Waals surface area contributed by atoms with Gasteiger partial charge in [-0.05, 0) is 12.5 Å². The highest BCUT2D eigenvalue weighted by Crippen LogP contribution is 2.06. The number of hydrogen-bond donors (Lipinski definition) is 1. The lowest BCUT2D eigenvalue weighted by Gasteiger charge is -2.01. The van der Waals surface area contributed by atoms with Gasteiger partial charge in [0.05, 0.1) is 6.20 Å². The van der Waals surface area contributed by atoms with Crippen LogP contribution < -0.4 is 5.32 Å². The predicted molar refractivity (Wildman–Crippen MR) is 52.1 cm³/mol. The van der Waals surface area contributed by atoms with Crippen LogP contribution in [0.15, 0.2) is 31.0 Å². The van der Waals surface area contributed by atoms with Crippen LogP contribution >= 0.6 is 0 Å². The van der Waals surface area contributed by atoms with Crippen molar-refractivity contribution < 1.29 is 0 Å². The van der Waals surface area contributed by atoms with Gasteiger partial charge in [-0.3, -0.25) is 4.98 Å². The summed E-state index contributed by atoms with van der Waals surface area (Å²) in [6.07, 6.45) is 8.32. The average Bonchev–Trinajstić information content (AvgIpc) is 2.23. The van der Waals surface area contributed by atoms with Gasteiger partial charge < -0.3 is 5.32 Å². The van der Waals surface area contributed by atoms with Crippen molar-refractivity contribution in [2.45, 2.75) is 6.92 Å². The van der Waals surface area contributed by atoms with E-state index in [0.717, 1.165) is 5.56 Å². The van der Waals surface area contributed by atoms with Gasteiger partial charge in [-0.2, -0.15) is 0 Å². The number of hydrogen-bond acceptors (Lipinski definition) is 5. The largest absolute Gasteiger partial charge is 0.307 e. The number of aromatic nitrogens is 4. The Morgan fingerprint density at radius 1 is 1.00 bits per heavy atom. The molecule has 0 aromatic carbocycles. The summed E-state index contributed by atoms with van der Waals surface area (Å²) in [6.45, 7) is 1.94. The highest BCUT2D eigenvalue weighted by molar-refractivity contribution is 5.44. The Hall–Kier alpha value is -2.04. The Kier molecular flexibility index (Phi) is 2.31. The highest BCUT2D eigenvalue weighted by atomic mass is 15.1. The van der Waals surface area contributed by atoms with Crippen molar-refractivity contribution >= 4 is 11.8 Å². The molecule has 2 heterocycles. The first-order valence-corrected chi connectivity index (χ1v) is 4.16. The van der Waals surface area contributed by atoms with Crippen molar-refractivity contribution in [1.82, 2.24) is 19.9 Å². The molecule has 14 heavy (non-hydrogen) atoms. The minimum Gasteiger partial charge on any atom is -0.307 e. The molecule has 0 atom stereocenters. The second-order valence-electron chi connectivity index (χ2n) is 2.80. The Morgan fingerprint density at radius 2 is 1.79 bits per heavy atom. The van der Waals surface area contributed by atoms with Crippen LogP contribution in [0.25, 0.3) is 0 Å². The molecule has 0 bridgehead atoms. The maximum atomic E-state index is 4.08. The molecular formula is C9H9N5. The SMILES string of the molecule is Cc1cnc(Nc2cnccn2)nc1. The van der Waals surface area contributed by atoms with Crippen molar-refractivity contribution in [2.24, 2.45) is 0 Å². The van der Waals surface area contributed by atoms with Crippen molar-refractivity contribution in [3.8, 4) is 0 Å². The van der Waals surface area contributed by atoms with Crippen molar-refractivity contribution in [3.05, 3.63) is 36.5 Å². The maximum absolute atomic E-state index is 4.08. The lowest BCUT2D eigenvalue weighted by atomic mass is 10.4. The van der Waals surface area contributed by atoms with E-state index >= 15 is 0 Å². The number of nitrogens with one attached hydrogen (secondary N) is 1. The molecule has 0 saturated heterocycles. The molecule has 0 fully saturated rings. The summed E-state index contributed by atoms with van der Waals surface area (Å²) >= 11 is 0. The predicted octanol–water partition coefficient (Wildman–Crippen LogP) is 1.32. The van der Waals surface area contributed by atoms with E-state index in [1.165, 1.54) is 0 Å². The molecule has 2 aromatic heterocycles. The number of aryl methyl sites for hydroxylation is 1. The van der Waals surface area contributed by atoms with Crippen LogP contribution in [-0.4, -0.2) is 19.9 Å². The molecule has 70 valence electrons. The normalized spacial score (nSPS) is 9.79. The van der Waals surface area contributed by atoms with Gasteiger partial charge in [-0.1, -0.05) is 0 Å². The van der Waals surface area contributed by atoms with Crippen molar-refractivity contribution in [2.75, 3.05) is 5.32 Å². The molecular weight excluding hydrogens is 178 g/mol. The third kappa shape index (κ3) is 2.01. The summed E-state index contributed by atoms with van der Waals surface area (Å²) in [4.78, 5) is 16.1. The van der Waals surface area contributed by atoms with E-state index in [-0.39, 0.29) is 0 Å². The summed E-state index contributed by atoms with van der Waals surface area (Å²) < 4.78 is 0. The van der Waals surface area contributed by atoms with E-state index in [1.807, 2.05) is 6.92 Å². The van der Waals surface area contributed by atoms with Crippen LogP contribution in [0.3, 0.4) is 0 Å². The number of anilines is 2. The zero-order chi connectivity index (χ0) is 9.80. The lowest BCUT2D eigenvalue weighted by Crippen LogP contribution is -1.98. The standard InChI is InChI=1S/C9H9N5/c1-7-4-12-9(13-5-7)14-8-6-10-2-3-11-8/h2-6H,1H3,(H,11,12,13,14). The monoisotopic (exact) mass is 187 g/mol. The highest BCUT2D eigenvalue weighted by Gasteiger charge is 1.96. The molecule has 2 rings (SSSR count). The summed E-state index contributed by atoms with van der Waals surface area (Å²) in [5.74, 6) is 1.16. The number of rotatable bonds is 2. The fraction of sp³-hybridized carbons (Fsp3) is 0.111. The lowest BCUT2D eigenvalue weighted by molar-refractivity contribution is 1.11. The zero-order valence-corrected chi connectivity index (χ0v) is 7.68. The van der Waals surface area contributed by atoms with E-state index in [4.69, 9.17) is 0 Å². The minimum atomic E-state index is 0.524. The number of nitrogens with zero attached hydrogens (tertiary/aromatic N) is 4. The van der Waals surface area contributed by atoms with Gasteiger partial charge in [-0.25, -0.2) is 15.0 Å². The molecule has 1 N–H and O–H groups in total. The molecule has 0 spiro atoms. The second-order valence-corrected chi connectivity index (χ2v) is 2.80. The van der Waals surface area contributed by atoms with Crippen LogP contribution in [0, 0.1) is 6.92 Å². The molecule has 5 nitrogen and oxygen atoms in total. The van der Waals surface area contributed by atoms with Crippen LogP contribution in [0.5, 0.6) is 0 Å². The smallest absolute Gasteiger partial charge is 0.228 e. The molecule has 0 amide bonds. The molecule has 0 aliphatic rings. The van der Waals surface area contributed by atoms with Crippen molar-refractivity contribution in [3.63, 3.8) is 0 Å². The Morgan fingerprint density at radius 3 is 2.43 bits per heavy atom. The Bertz CT molecular complexity index is 397. The Labute approximate surface area is 81.3 Å². The molecule has 0 unspecified atom stereocenters. The van der Waals surface area contributed by atoms with Gasteiger partial charge in [0.2, 0.25) is 5.95 Å². The Balaban J connectivity index is 2.16. The summed E-state index contributed by atoms with van der Waals surface area (Å²) in [5, 5.41) is 2.94. The first kappa shape index (κ1) is 8.55. The van der Waals surface area contributed by atoms with Crippen LogP contribution in [0.4, 0.5) is 11.8 Å². The first-order chi connectivity index (χ1) is 6.84. The third-order valence-corrected chi connectivity index (χ3v) is 1.58. The molecule has 0 aliphatic carbocycles. The van der Waals surface area contributed by atoms with E-state index in [0.29, 0.717) is 11.8 Å². The molecule has 2 aromatic rings. The van der Waals surface area contributed by atoms with Gasteiger partial charge in [0, 0.05) is 24.8 Å². The summed E-state index contributed by atoms with van der Waals surface area (Å²) in [7, 11) is 0. The summed E-state index contributed by atoms with van der Waals surface area (Å²) in [5.41, 5.74) is 1.02. The van der Waals surface area contributed by atoms with Gasteiger partial charge in [0.25, 0.3) is 0 Å². The topological polar surface area (TPSA) is 63.6 Å². The fourth-order valence-corrected chi connectivity index (χ4v) is 0.935. The van der Waals surface area contributed by atoms with Crippen LogP contribution in [-0.2, 0) is 0 Å². The van der Waals surface area contributed by atoms with E-state index in [9.17, 15) is 0 Å². The molecule has 5 heteroatoms. The molecule has 0 aliphatic heterocycles. The molecule has 0 radical (unpaired) electrons. The van der Waals surface area contributed by atoms with Crippen LogP contribution in [0.2, 0.25) is 0 Å². The van der Waals surface area contributed by atoms with Gasteiger partial charge in [0.15, 0.2) is 5.82 Å². The summed E-state index contributed by atoms with van der Waals surface area (Å²) in [6, 6.07) is 0. The minimum absolute atomic E-state index is 0.524. The van der Waals surface area contributed by atoms with Gasteiger partial charge in [0.1, 0.15) is 0 Å². The second kappa shape index (κ2) is 3.78. The van der Waals surface area contributed by atoms with Gasteiger partial charge in [-0.15, -0.1) is 0 Å². The van der Waals surface area contributed by atoms with Crippen LogP contribution in [0.1, 0.15) is 5.56 Å². The van der Waals surface area contributed by atoms with Gasteiger partial charge >= 0.3 is 0 Å². The first-order valence-electron chi connectivity index (χ1n) is 4.16. The van der Waals surface area contributed by atoms with E-state index in [1.54, 1.807) is 31.0 Å². The molecule has 0 saturated carbocycles. The third-order valence-electron chi connectivity index (χ3n) is 1.58. The average molecular weight is 187 g/mol. The zero-order valence-electron chi connectivity index (χ0n) is 7.68. The fourth-order valence-electron chi connectivity index (χ4n) is 0.935. The van der Waals surface area contributed by atoms with E-state index in [2.05, 4.69) is 25.3 Å². The van der Waals surface area contributed by atoms with Crippen molar-refractivity contribution in [1.29, 1.82) is 0 Å². The quantitative estimate of drug-likeness (QED) is 0.768.